The normalized spacial score (nSPS) is 20.8. The summed E-state index contributed by atoms with van der Waals surface area (Å²) in [6, 6.07) is 8.06. The summed E-state index contributed by atoms with van der Waals surface area (Å²) in [5.41, 5.74) is 7.41. The molecule has 1 aromatic carbocycles. The van der Waals surface area contributed by atoms with Gasteiger partial charge in [0.1, 0.15) is 0 Å². The first-order chi connectivity index (χ1) is 11.3. The lowest BCUT2D eigenvalue weighted by Crippen LogP contribution is -2.41. The zero-order valence-electron chi connectivity index (χ0n) is 14.6. The molecule has 0 spiro atoms. The second-order valence-corrected chi connectivity index (χ2v) is 7.49. The summed E-state index contributed by atoms with van der Waals surface area (Å²) in [5.74, 6) is 0.760. The summed E-state index contributed by atoms with van der Waals surface area (Å²) >= 11 is 0. The number of para-hydroxylation sites is 1. The number of hydrogen-bond donors (Lipinski definition) is 1. The molecule has 0 saturated heterocycles. The summed E-state index contributed by atoms with van der Waals surface area (Å²) in [7, 11) is 0. The van der Waals surface area contributed by atoms with Crippen LogP contribution < -0.4 is 10.6 Å². The van der Waals surface area contributed by atoms with Gasteiger partial charge in [-0.3, -0.25) is 4.79 Å². The van der Waals surface area contributed by atoms with Crippen molar-refractivity contribution in [2.75, 3.05) is 4.90 Å². The van der Waals surface area contributed by atoms with Crippen LogP contribution >= 0.6 is 0 Å². The molecule has 0 fully saturated rings. The lowest BCUT2D eigenvalue weighted by Gasteiger charge is -2.39. The Morgan fingerprint density at radius 3 is 2.71 bits per heavy atom. The molecule has 0 saturated carbocycles. The Morgan fingerprint density at radius 1 is 1.38 bits per heavy atom. The van der Waals surface area contributed by atoms with E-state index in [-0.39, 0.29) is 23.3 Å². The van der Waals surface area contributed by atoms with Crippen molar-refractivity contribution in [1.82, 2.24) is 10.1 Å². The van der Waals surface area contributed by atoms with Gasteiger partial charge in [0.2, 0.25) is 11.8 Å². The second-order valence-electron chi connectivity index (χ2n) is 7.49. The van der Waals surface area contributed by atoms with E-state index in [1.165, 1.54) is 0 Å². The van der Waals surface area contributed by atoms with Gasteiger partial charge in [0.15, 0.2) is 5.82 Å². The summed E-state index contributed by atoms with van der Waals surface area (Å²) in [5, 5.41) is 4.12. The predicted octanol–water partition coefficient (Wildman–Crippen LogP) is 2.73. The predicted molar refractivity (Wildman–Crippen MR) is 91.6 cm³/mol. The quantitative estimate of drug-likeness (QED) is 0.936. The molecule has 0 radical (unpaired) electrons. The van der Waals surface area contributed by atoms with Gasteiger partial charge < -0.3 is 15.2 Å². The van der Waals surface area contributed by atoms with Crippen molar-refractivity contribution in [3.63, 3.8) is 0 Å². The summed E-state index contributed by atoms with van der Waals surface area (Å²) < 4.78 is 5.39. The number of primary amides is 1. The van der Waals surface area contributed by atoms with E-state index < -0.39 is 0 Å². The smallest absolute Gasteiger partial charge is 0.232 e. The van der Waals surface area contributed by atoms with Gasteiger partial charge in [-0.25, -0.2) is 0 Å². The largest absolute Gasteiger partial charge is 0.369 e. The fourth-order valence-electron chi connectivity index (χ4n) is 3.16. The molecule has 128 valence electrons. The van der Waals surface area contributed by atoms with Crippen molar-refractivity contribution in [2.45, 2.75) is 58.0 Å². The van der Waals surface area contributed by atoms with Gasteiger partial charge in [-0.1, -0.05) is 44.1 Å². The topological polar surface area (TPSA) is 85.3 Å². The van der Waals surface area contributed by atoms with Crippen molar-refractivity contribution in [3.05, 3.63) is 41.5 Å². The average Bonchev–Trinajstić information content (AvgIpc) is 2.98. The van der Waals surface area contributed by atoms with Crippen LogP contribution in [0.1, 0.15) is 57.3 Å². The molecule has 3 rings (SSSR count). The molecule has 6 nitrogen and oxygen atoms in total. The lowest BCUT2D eigenvalue weighted by atomic mass is 9.85. The Balaban J connectivity index is 1.92. The second kappa shape index (κ2) is 5.92. The first-order valence-corrected chi connectivity index (χ1v) is 8.25. The Bertz CT molecular complexity index is 747. The monoisotopic (exact) mass is 328 g/mol. The van der Waals surface area contributed by atoms with Crippen LogP contribution in [0.5, 0.6) is 0 Å². The van der Waals surface area contributed by atoms with Crippen LogP contribution in [0.25, 0.3) is 0 Å². The highest BCUT2D eigenvalue weighted by molar-refractivity contribution is 5.85. The third-order valence-electron chi connectivity index (χ3n) is 4.50. The summed E-state index contributed by atoms with van der Waals surface area (Å²) in [4.78, 5) is 18.5. The number of amides is 1. The van der Waals surface area contributed by atoms with Gasteiger partial charge in [-0.05, 0) is 25.0 Å². The molecule has 2 N–H and O–H groups in total. The van der Waals surface area contributed by atoms with E-state index >= 15 is 0 Å². The number of hydrogen-bond acceptors (Lipinski definition) is 5. The molecule has 0 bridgehead atoms. The third-order valence-corrected chi connectivity index (χ3v) is 4.50. The zero-order chi connectivity index (χ0) is 17.5. The number of carbonyl (C=O) groups excluding carboxylic acids is 1. The van der Waals surface area contributed by atoms with Crippen LogP contribution in [-0.4, -0.2) is 22.1 Å². The molecule has 6 heteroatoms. The maximum atomic E-state index is 11.8. The minimum atomic E-state index is -0.275. The molecule has 1 aliphatic rings. The molecule has 1 amide bonds. The molecular weight excluding hydrogens is 304 g/mol. The fourth-order valence-corrected chi connectivity index (χ4v) is 3.16. The van der Waals surface area contributed by atoms with Gasteiger partial charge in [0.25, 0.3) is 0 Å². The number of aromatic nitrogens is 2. The molecule has 0 aliphatic carbocycles. The van der Waals surface area contributed by atoms with Crippen molar-refractivity contribution in [3.8, 4) is 0 Å². The number of carbonyl (C=O) groups is 1. The first-order valence-electron chi connectivity index (χ1n) is 8.25. The van der Waals surface area contributed by atoms with Gasteiger partial charge in [-0.15, -0.1) is 0 Å². The van der Waals surface area contributed by atoms with Crippen LogP contribution in [0.3, 0.4) is 0 Å². The lowest BCUT2D eigenvalue weighted by molar-refractivity contribution is -0.119. The van der Waals surface area contributed by atoms with E-state index in [4.69, 9.17) is 10.3 Å². The van der Waals surface area contributed by atoms with Gasteiger partial charge in [-0.2, -0.15) is 4.98 Å². The molecule has 1 aromatic heterocycles. The molecular formula is C18H24N4O2. The van der Waals surface area contributed by atoms with E-state index in [9.17, 15) is 4.79 Å². The van der Waals surface area contributed by atoms with E-state index in [2.05, 4.69) is 22.0 Å². The number of benzene rings is 1. The number of nitrogens with two attached hydrogens (primary N) is 1. The van der Waals surface area contributed by atoms with Crippen LogP contribution in [0.4, 0.5) is 5.69 Å². The van der Waals surface area contributed by atoms with Crippen LogP contribution in [0, 0.1) is 0 Å². The average molecular weight is 328 g/mol. The highest BCUT2D eigenvalue weighted by Gasteiger charge is 2.33. The van der Waals surface area contributed by atoms with Gasteiger partial charge in [0.05, 0.1) is 12.5 Å². The van der Waals surface area contributed by atoms with E-state index in [0.29, 0.717) is 24.7 Å². The van der Waals surface area contributed by atoms with E-state index in [1.807, 2.05) is 45.0 Å². The minimum absolute atomic E-state index is 0.161. The minimum Gasteiger partial charge on any atom is -0.369 e. The molecule has 24 heavy (non-hydrogen) atoms. The van der Waals surface area contributed by atoms with Crippen molar-refractivity contribution >= 4 is 11.6 Å². The Kier molecular flexibility index (Phi) is 4.07. The highest BCUT2D eigenvalue weighted by atomic mass is 16.5. The SMILES string of the molecule is CC1CC(C(N)=O)c2ccccc2N1Cc1noc(C(C)(C)C)n1. The van der Waals surface area contributed by atoms with Crippen LogP contribution in [-0.2, 0) is 16.8 Å². The van der Waals surface area contributed by atoms with E-state index in [1.54, 1.807) is 0 Å². The summed E-state index contributed by atoms with van der Waals surface area (Å²) in [6.07, 6.45) is 0.691. The Hall–Kier alpha value is -2.37. The Morgan fingerprint density at radius 2 is 2.08 bits per heavy atom. The number of rotatable bonds is 3. The maximum Gasteiger partial charge on any atom is 0.232 e. The molecule has 2 heterocycles. The number of nitrogens with zero attached hydrogens (tertiary/aromatic N) is 3. The van der Waals surface area contributed by atoms with E-state index in [0.717, 1.165) is 11.3 Å². The summed E-state index contributed by atoms with van der Waals surface area (Å²) in [6.45, 7) is 8.77. The highest BCUT2D eigenvalue weighted by Crippen LogP contribution is 2.38. The van der Waals surface area contributed by atoms with Crippen LogP contribution in [0.2, 0.25) is 0 Å². The number of fused-ring (bicyclic) bond motifs is 1. The van der Waals surface area contributed by atoms with Crippen molar-refractivity contribution < 1.29 is 9.32 Å². The van der Waals surface area contributed by atoms with Crippen molar-refractivity contribution in [2.24, 2.45) is 5.73 Å². The molecule has 2 atom stereocenters. The molecule has 1 aliphatic heterocycles. The Labute approximate surface area is 142 Å². The van der Waals surface area contributed by atoms with Gasteiger partial charge in [0, 0.05) is 17.1 Å². The van der Waals surface area contributed by atoms with Crippen LogP contribution in [0.15, 0.2) is 28.8 Å². The molecule has 2 aromatic rings. The first kappa shape index (κ1) is 16.5. The third kappa shape index (κ3) is 3.00. The fraction of sp³-hybridized carbons (Fsp3) is 0.500. The molecule has 2 unspecified atom stereocenters. The standard InChI is InChI=1S/C18H24N4O2/c1-11-9-13(16(19)23)12-7-5-6-8-14(12)22(11)10-15-20-17(24-21-15)18(2,3)4/h5-8,11,13H,9-10H2,1-4H3,(H2,19,23). The number of anilines is 1. The van der Waals surface area contributed by atoms with Crippen molar-refractivity contribution in [1.29, 1.82) is 0 Å². The zero-order valence-corrected chi connectivity index (χ0v) is 14.6. The maximum absolute atomic E-state index is 11.8. The van der Waals surface area contributed by atoms with Gasteiger partial charge >= 0.3 is 0 Å².